The zero-order valence-corrected chi connectivity index (χ0v) is 67.8. The highest BCUT2D eigenvalue weighted by molar-refractivity contribution is 5.89. The first-order chi connectivity index (χ1) is 56.0. The van der Waals surface area contributed by atoms with E-state index in [1.807, 2.05) is 163 Å². The second kappa shape index (κ2) is 31.8. The summed E-state index contributed by atoms with van der Waals surface area (Å²) >= 11 is 0. The number of fused-ring (bicyclic) bond motifs is 8. The Labute approximate surface area is 670 Å². The van der Waals surface area contributed by atoms with E-state index in [9.17, 15) is 19.2 Å². The number of likely N-dealkylation sites (tertiary alicyclic amines) is 2. The number of piperidine rings is 2. The molecule has 1 atom stereocenters. The Morgan fingerprint density at radius 2 is 0.802 bits per heavy atom. The van der Waals surface area contributed by atoms with Crippen molar-refractivity contribution in [1.82, 2.24) is 97.1 Å². The molecule has 12 aromatic heterocycles. The number of anilines is 2. The van der Waals surface area contributed by atoms with Crippen LogP contribution >= 0.6 is 0 Å². The Bertz CT molecular complexity index is 6720. The smallest absolute Gasteiger partial charge is 0.258 e. The molecule has 592 valence electrons. The van der Waals surface area contributed by atoms with Gasteiger partial charge in [0.15, 0.2) is 0 Å². The third-order valence-corrected chi connectivity index (χ3v) is 23.4. The first-order valence-corrected chi connectivity index (χ1v) is 40.3. The fourth-order valence-electron chi connectivity index (χ4n) is 17.1. The molecule has 16 heterocycles. The number of aromatic nitrogens is 16. The molecule has 0 bridgehead atoms. The van der Waals surface area contributed by atoms with E-state index in [4.69, 9.17) is 19.9 Å². The number of pyridine rings is 4. The van der Waals surface area contributed by atoms with Crippen molar-refractivity contribution >= 4 is 77.6 Å². The van der Waals surface area contributed by atoms with Gasteiger partial charge in [-0.25, -0.2) is 19.9 Å². The van der Waals surface area contributed by atoms with Crippen molar-refractivity contribution in [3.8, 4) is 45.0 Å². The van der Waals surface area contributed by atoms with Crippen LogP contribution in [0.15, 0.2) is 190 Å². The van der Waals surface area contributed by atoms with Crippen LogP contribution in [0.5, 0.6) is 0 Å². The Kier molecular flexibility index (Phi) is 20.9. The van der Waals surface area contributed by atoms with E-state index in [1.165, 1.54) is 11.1 Å². The number of aryl methyl sites for hydroxylation is 8. The second-order valence-electron chi connectivity index (χ2n) is 32.0. The highest BCUT2D eigenvalue weighted by Gasteiger charge is 2.25. The summed E-state index contributed by atoms with van der Waals surface area (Å²) in [7, 11) is 9.81. The van der Waals surface area contributed by atoms with Crippen LogP contribution in [0, 0.1) is 27.7 Å². The topological polar surface area (TPSA) is 246 Å². The van der Waals surface area contributed by atoms with Gasteiger partial charge in [-0.05, 0) is 218 Å². The normalized spacial score (nSPS) is 16.1. The van der Waals surface area contributed by atoms with E-state index in [2.05, 4.69) is 120 Å². The molecule has 0 unspecified atom stereocenters. The van der Waals surface area contributed by atoms with Gasteiger partial charge in [0, 0.05) is 198 Å². The van der Waals surface area contributed by atoms with Gasteiger partial charge < -0.3 is 30.2 Å². The van der Waals surface area contributed by atoms with E-state index in [0.29, 0.717) is 63.2 Å². The molecule has 2 N–H and O–H groups in total. The molecule has 16 aromatic rings. The van der Waals surface area contributed by atoms with Crippen molar-refractivity contribution in [3.63, 3.8) is 0 Å². The van der Waals surface area contributed by atoms with Crippen LogP contribution in [0.25, 0.3) is 111 Å². The maximum atomic E-state index is 13.0. The van der Waals surface area contributed by atoms with Crippen molar-refractivity contribution in [2.75, 3.05) is 95.4 Å². The third-order valence-electron chi connectivity index (χ3n) is 23.4. The molecule has 4 aliphatic rings. The molecule has 0 aliphatic carbocycles. The van der Waals surface area contributed by atoms with Crippen molar-refractivity contribution in [2.45, 2.75) is 85.1 Å². The lowest BCUT2D eigenvalue weighted by Crippen LogP contribution is -2.49. The predicted octanol–water partition coefficient (Wildman–Crippen LogP) is 11.4. The summed E-state index contributed by atoms with van der Waals surface area (Å²) in [5.74, 6) is 1.03. The van der Waals surface area contributed by atoms with Gasteiger partial charge in [-0.2, -0.15) is 20.4 Å². The number of rotatable bonds is 9. The molecule has 26 nitrogen and oxygen atoms in total. The van der Waals surface area contributed by atoms with Crippen LogP contribution in [0.2, 0.25) is 0 Å². The van der Waals surface area contributed by atoms with Crippen molar-refractivity contribution < 1.29 is 0 Å². The van der Waals surface area contributed by atoms with Gasteiger partial charge in [0.25, 0.3) is 22.2 Å². The van der Waals surface area contributed by atoms with E-state index >= 15 is 0 Å². The van der Waals surface area contributed by atoms with Crippen molar-refractivity contribution in [2.24, 2.45) is 28.2 Å². The number of nitrogens with one attached hydrogen (secondary N) is 2. The average molecular weight is 1550 g/mol. The molecule has 116 heavy (non-hydrogen) atoms. The first-order valence-electron chi connectivity index (χ1n) is 40.3. The molecule has 0 radical (unpaired) electrons. The lowest BCUT2D eigenvalue weighted by Gasteiger charge is -2.33. The molecule has 4 saturated heterocycles. The number of benzene rings is 4. The van der Waals surface area contributed by atoms with E-state index in [-0.39, 0.29) is 22.2 Å². The first kappa shape index (κ1) is 76.3. The quantitative estimate of drug-likeness (QED) is 0.136. The monoisotopic (exact) mass is 1550 g/mol. The Morgan fingerprint density at radius 1 is 0.388 bits per heavy atom. The van der Waals surface area contributed by atoms with E-state index in [1.54, 1.807) is 51.2 Å². The van der Waals surface area contributed by atoms with E-state index in [0.717, 1.165) is 204 Å². The number of hydrogen-bond acceptors (Lipinski definition) is 18. The van der Waals surface area contributed by atoms with E-state index < -0.39 is 0 Å². The molecule has 0 saturated carbocycles. The minimum atomic E-state index is -0.0654. The summed E-state index contributed by atoms with van der Waals surface area (Å²) in [4.78, 5) is 80.4. The van der Waals surface area contributed by atoms with Gasteiger partial charge in [0.2, 0.25) is 0 Å². The van der Waals surface area contributed by atoms with Crippen LogP contribution in [-0.4, -0.2) is 178 Å². The molecule has 4 aromatic carbocycles. The summed E-state index contributed by atoms with van der Waals surface area (Å²) in [6.45, 7) is 24.7. The summed E-state index contributed by atoms with van der Waals surface area (Å²) in [6.07, 6.45) is 20.3. The maximum Gasteiger partial charge on any atom is 0.258 e. The summed E-state index contributed by atoms with van der Waals surface area (Å²) in [5.41, 5.74) is 21.7. The van der Waals surface area contributed by atoms with Gasteiger partial charge in [-0.1, -0.05) is 31.2 Å². The predicted molar refractivity (Wildman–Crippen MR) is 462 cm³/mol. The molecule has 4 aliphatic heterocycles. The Balaban J connectivity index is 0.000000111. The van der Waals surface area contributed by atoms with Gasteiger partial charge in [0.05, 0.1) is 56.2 Å². The largest absolute Gasteiger partial charge is 0.368 e. The van der Waals surface area contributed by atoms with Crippen molar-refractivity contribution in [1.29, 1.82) is 0 Å². The summed E-state index contributed by atoms with van der Waals surface area (Å²) in [6, 6.07) is 39.6. The number of hydrogen-bond donors (Lipinski definition) is 2. The fourth-order valence-corrected chi connectivity index (χ4v) is 17.1. The molecule has 20 rings (SSSR count). The summed E-state index contributed by atoms with van der Waals surface area (Å²) in [5, 5.41) is 28.8. The molecule has 26 heteroatoms. The third kappa shape index (κ3) is 15.8. The number of nitrogens with zero attached hydrogens (tertiary/aromatic N) is 20. The number of piperazine rings is 2. The SMILES string of the molecule is CCN1CCC(c2ccc3nc(-c4cc(C)c5nn(C)cc5c4)cc(=O)n3c2)CC1.Cc1cc(-c2cc(=O)n3cc(C4CCN(C)CC4)ccc3n2)cc2cn(C)nc12.Cc1cc(N2CCNCC2)cn2c(=O)cc(-c3ccc4nn(C)cc4c3)nc12.Cc1cc(N2CCN[C@H](C)C2)cn2c(=O)cc(-c3ccc4nn(C)cc4c3)nc12. The highest BCUT2D eigenvalue weighted by Crippen LogP contribution is 2.34. The van der Waals surface area contributed by atoms with Crippen molar-refractivity contribution in [3.05, 3.63) is 246 Å². The van der Waals surface area contributed by atoms with Crippen LogP contribution in [0.1, 0.15) is 84.7 Å². The molecule has 0 amide bonds. The minimum Gasteiger partial charge on any atom is -0.368 e. The van der Waals surface area contributed by atoms with Gasteiger partial charge >= 0.3 is 0 Å². The zero-order valence-electron chi connectivity index (χ0n) is 67.8. The molecular weight excluding hydrogens is 1450 g/mol. The molecule has 4 fully saturated rings. The lowest BCUT2D eigenvalue weighted by atomic mass is 9.90. The Hall–Kier alpha value is -12.4. The van der Waals surface area contributed by atoms with Gasteiger partial charge in [-0.3, -0.25) is 55.5 Å². The summed E-state index contributed by atoms with van der Waals surface area (Å²) < 4.78 is 13.9. The van der Waals surface area contributed by atoms with Crippen LogP contribution in [-0.2, 0) is 28.2 Å². The van der Waals surface area contributed by atoms with Crippen LogP contribution < -0.4 is 42.7 Å². The Morgan fingerprint density at radius 3 is 1.27 bits per heavy atom. The standard InChI is InChI=1S/C24H27N5O.C23H25N5O.C22H24N6O.C21H22N6O/c1-4-28-9-7-17(8-10-28)18-5-6-22-25-21(13-23(30)29(22)15-18)19-11-16(2)24-20(12-19)14-27(3)26-24;1-15-10-18(11-19-13-27(3)25-23(15)19)20-12-22(29)28-14-17(4-5-21(28)24-20)16-6-8-26(2)9-7-16;1-14-8-18(27-7-6-23-15(2)11-27)13-28-21(29)10-20(24-22(14)28)16-4-5-19-17(9-16)12-26(3)25-19;1-14-9-17(26-7-5-22-6-8-26)13-27-20(28)11-19(23-21(14)27)15-3-4-18-16(10-15)12-25(2)24-18/h5-6,11-15,17H,4,7-10H2,1-3H3;4-5,10-14,16H,6-9H2,1-3H3;4-5,8-10,12-13,15,23H,6-7,11H2,1-3H3;3-4,9-13,22H,5-8H2,1-2H3/t;;15-;/m..1./s1. The zero-order chi connectivity index (χ0) is 80.3. The second-order valence-corrected chi connectivity index (χ2v) is 32.0. The maximum absolute atomic E-state index is 13.0. The minimum absolute atomic E-state index is 0.0354. The highest BCUT2D eigenvalue weighted by atomic mass is 16.1. The molecular formula is C90H98N22O4. The lowest BCUT2D eigenvalue weighted by molar-refractivity contribution is 0.222. The van der Waals surface area contributed by atoms with Gasteiger partial charge in [0.1, 0.15) is 22.6 Å². The van der Waals surface area contributed by atoms with Gasteiger partial charge in [-0.15, -0.1) is 0 Å². The molecule has 0 spiro atoms. The van der Waals surface area contributed by atoms with Crippen LogP contribution in [0.3, 0.4) is 0 Å². The average Bonchev–Trinajstić information content (AvgIpc) is 1.26. The van der Waals surface area contributed by atoms with Crippen LogP contribution in [0.4, 0.5) is 11.4 Å². The fraction of sp³-hybridized carbons (Fsp3) is 0.333.